The highest BCUT2D eigenvalue weighted by atomic mass is 32.2. The zero-order valence-corrected chi connectivity index (χ0v) is 15.3. The number of benzene rings is 1. The quantitative estimate of drug-likeness (QED) is 0.524. The van der Waals surface area contributed by atoms with Gasteiger partial charge in [0, 0.05) is 12.6 Å². The van der Waals surface area contributed by atoms with Crippen LogP contribution in [0.15, 0.2) is 34.7 Å². The molecule has 1 saturated carbocycles. The Morgan fingerprint density at radius 1 is 1.33 bits per heavy atom. The minimum Gasteiger partial charge on any atom is -0.360 e. The van der Waals surface area contributed by atoms with E-state index >= 15 is 0 Å². The average molecular weight is 363 g/mol. The molecule has 1 heterocycles. The molecule has 0 radical (unpaired) electrons. The van der Waals surface area contributed by atoms with Crippen molar-refractivity contribution in [3.05, 3.63) is 35.9 Å². The predicted octanol–water partition coefficient (Wildman–Crippen LogP) is 3.86. The molecular formula is C17H22N4OS2. The average Bonchev–Trinajstić information content (AvgIpc) is 3.30. The number of carbonyl (C=O) groups excluding carboxylic acids is 1. The molecule has 3 rings (SSSR count). The lowest BCUT2D eigenvalue weighted by Crippen LogP contribution is -2.29. The van der Waals surface area contributed by atoms with Crippen LogP contribution in [-0.2, 0) is 4.79 Å². The number of unbranched alkanes of at least 4 members (excludes halogenated alkanes) is 1. The highest BCUT2D eigenvalue weighted by molar-refractivity contribution is 8.01. The molecule has 1 aromatic heterocycles. The normalized spacial score (nSPS) is 15.0. The molecule has 1 aliphatic rings. The molecule has 1 aliphatic carbocycles. The van der Waals surface area contributed by atoms with Crippen LogP contribution in [0.1, 0.15) is 43.4 Å². The molecule has 0 saturated heterocycles. The van der Waals surface area contributed by atoms with E-state index in [0.29, 0.717) is 6.04 Å². The van der Waals surface area contributed by atoms with Crippen LogP contribution < -0.4 is 10.6 Å². The number of anilines is 1. The molecule has 24 heavy (non-hydrogen) atoms. The SMILES string of the molecule is CCCCNc1nnc(S[C@H](C(=O)NC2CC2)c2ccccc2)s1. The summed E-state index contributed by atoms with van der Waals surface area (Å²) < 4.78 is 0.814. The molecule has 1 fully saturated rings. The molecule has 128 valence electrons. The molecule has 0 bridgehead atoms. The van der Waals surface area contributed by atoms with E-state index in [1.807, 2.05) is 30.3 Å². The topological polar surface area (TPSA) is 66.9 Å². The molecule has 1 atom stereocenters. The van der Waals surface area contributed by atoms with Crippen molar-refractivity contribution in [2.24, 2.45) is 0 Å². The standard InChI is InChI=1S/C17H22N4OS2/c1-2-3-11-18-16-20-21-17(24-16)23-14(12-7-5-4-6-8-12)15(22)19-13-9-10-13/h4-8,13-14H,2-3,9-11H2,1H3,(H,18,20)(H,19,22)/t14-/m0/s1. The lowest BCUT2D eigenvalue weighted by atomic mass is 10.1. The summed E-state index contributed by atoms with van der Waals surface area (Å²) in [7, 11) is 0. The van der Waals surface area contributed by atoms with Gasteiger partial charge in [-0.05, 0) is 24.8 Å². The Bertz CT molecular complexity index is 658. The number of hydrogen-bond donors (Lipinski definition) is 2. The second kappa shape index (κ2) is 8.48. The Hall–Kier alpha value is -1.60. The zero-order valence-electron chi connectivity index (χ0n) is 13.7. The van der Waals surface area contributed by atoms with Crippen LogP contribution in [0.25, 0.3) is 0 Å². The van der Waals surface area contributed by atoms with Crippen LogP contribution in [0.5, 0.6) is 0 Å². The number of nitrogens with zero attached hydrogens (tertiary/aromatic N) is 2. The number of amides is 1. The Balaban J connectivity index is 1.68. The Labute approximate surface area is 150 Å². The van der Waals surface area contributed by atoms with Gasteiger partial charge in [-0.25, -0.2) is 0 Å². The van der Waals surface area contributed by atoms with Gasteiger partial charge in [-0.2, -0.15) is 0 Å². The molecule has 2 aromatic rings. The third-order valence-corrected chi connectivity index (χ3v) is 5.92. The van der Waals surface area contributed by atoms with Gasteiger partial charge in [0.2, 0.25) is 11.0 Å². The fourth-order valence-electron chi connectivity index (χ4n) is 2.21. The third kappa shape index (κ3) is 4.95. The van der Waals surface area contributed by atoms with Crippen LogP contribution in [0.4, 0.5) is 5.13 Å². The van der Waals surface area contributed by atoms with Crippen LogP contribution >= 0.6 is 23.1 Å². The second-order valence-corrected chi connectivity index (χ2v) is 8.17. The molecular weight excluding hydrogens is 340 g/mol. The minimum atomic E-state index is -0.289. The third-order valence-electron chi connectivity index (χ3n) is 3.70. The maximum Gasteiger partial charge on any atom is 0.238 e. The van der Waals surface area contributed by atoms with Gasteiger partial charge in [0.15, 0.2) is 4.34 Å². The largest absolute Gasteiger partial charge is 0.360 e. The Kier molecular flexibility index (Phi) is 6.09. The molecule has 7 heteroatoms. The summed E-state index contributed by atoms with van der Waals surface area (Å²) >= 11 is 2.98. The number of carbonyl (C=O) groups is 1. The van der Waals surface area contributed by atoms with Crippen molar-refractivity contribution in [1.29, 1.82) is 0 Å². The van der Waals surface area contributed by atoms with Gasteiger partial charge in [-0.1, -0.05) is 66.8 Å². The Morgan fingerprint density at radius 3 is 2.83 bits per heavy atom. The first-order chi connectivity index (χ1) is 11.8. The first-order valence-electron chi connectivity index (χ1n) is 8.35. The monoisotopic (exact) mass is 362 g/mol. The van der Waals surface area contributed by atoms with Crippen LogP contribution in [0.2, 0.25) is 0 Å². The van der Waals surface area contributed by atoms with Gasteiger partial charge in [0.1, 0.15) is 5.25 Å². The first-order valence-corrected chi connectivity index (χ1v) is 10.0. The minimum absolute atomic E-state index is 0.0596. The molecule has 5 nitrogen and oxygen atoms in total. The summed E-state index contributed by atoms with van der Waals surface area (Å²) in [6.45, 7) is 3.06. The number of nitrogens with one attached hydrogen (secondary N) is 2. The molecule has 0 unspecified atom stereocenters. The molecule has 0 spiro atoms. The van der Waals surface area contributed by atoms with E-state index in [1.54, 1.807) is 0 Å². The molecule has 1 aromatic carbocycles. The maximum absolute atomic E-state index is 12.6. The van der Waals surface area contributed by atoms with Gasteiger partial charge in [-0.3, -0.25) is 4.79 Å². The van der Waals surface area contributed by atoms with Gasteiger partial charge >= 0.3 is 0 Å². The Morgan fingerprint density at radius 2 is 2.12 bits per heavy atom. The summed E-state index contributed by atoms with van der Waals surface area (Å²) in [5.41, 5.74) is 0.997. The van der Waals surface area contributed by atoms with Crippen LogP contribution in [0, 0.1) is 0 Å². The van der Waals surface area contributed by atoms with E-state index < -0.39 is 0 Å². The van der Waals surface area contributed by atoms with Crippen molar-refractivity contribution >= 4 is 34.1 Å². The van der Waals surface area contributed by atoms with Crippen molar-refractivity contribution in [2.45, 2.75) is 48.2 Å². The van der Waals surface area contributed by atoms with E-state index in [9.17, 15) is 4.79 Å². The number of rotatable bonds is 9. The summed E-state index contributed by atoms with van der Waals surface area (Å²) in [5, 5.41) is 15.3. The summed E-state index contributed by atoms with van der Waals surface area (Å²) in [4.78, 5) is 12.6. The second-order valence-electron chi connectivity index (χ2n) is 5.84. The maximum atomic E-state index is 12.6. The van der Waals surface area contributed by atoms with Crippen molar-refractivity contribution in [2.75, 3.05) is 11.9 Å². The fraction of sp³-hybridized carbons (Fsp3) is 0.471. The lowest BCUT2D eigenvalue weighted by molar-refractivity contribution is -0.120. The van der Waals surface area contributed by atoms with Gasteiger partial charge in [0.05, 0.1) is 0 Å². The van der Waals surface area contributed by atoms with E-state index in [4.69, 9.17) is 0 Å². The van der Waals surface area contributed by atoms with E-state index in [1.165, 1.54) is 23.1 Å². The highest BCUT2D eigenvalue weighted by Gasteiger charge is 2.29. The number of aromatic nitrogens is 2. The van der Waals surface area contributed by atoms with Crippen molar-refractivity contribution in [1.82, 2.24) is 15.5 Å². The van der Waals surface area contributed by atoms with Crippen molar-refractivity contribution in [3.63, 3.8) is 0 Å². The molecule has 1 amide bonds. The summed E-state index contributed by atoms with van der Waals surface area (Å²) in [6, 6.07) is 10.2. The smallest absolute Gasteiger partial charge is 0.238 e. The van der Waals surface area contributed by atoms with E-state index in [-0.39, 0.29) is 11.2 Å². The molecule has 2 N–H and O–H groups in total. The van der Waals surface area contributed by atoms with E-state index in [0.717, 1.165) is 47.3 Å². The number of hydrogen-bond acceptors (Lipinski definition) is 6. The van der Waals surface area contributed by atoms with Crippen LogP contribution in [-0.4, -0.2) is 28.7 Å². The van der Waals surface area contributed by atoms with Gasteiger partial charge < -0.3 is 10.6 Å². The first kappa shape index (κ1) is 17.2. The highest BCUT2D eigenvalue weighted by Crippen LogP contribution is 2.38. The van der Waals surface area contributed by atoms with Gasteiger partial charge in [0.25, 0.3) is 0 Å². The van der Waals surface area contributed by atoms with Crippen LogP contribution in [0.3, 0.4) is 0 Å². The predicted molar refractivity (Wildman–Crippen MR) is 99.5 cm³/mol. The lowest BCUT2D eigenvalue weighted by Gasteiger charge is -2.15. The summed E-state index contributed by atoms with van der Waals surface area (Å²) in [5.74, 6) is 0.0596. The molecule has 0 aliphatic heterocycles. The zero-order chi connectivity index (χ0) is 16.8. The van der Waals surface area contributed by atoms with Crippen molar-refractivity contribution < 1.29 is 4.79 Å². The summed E-state index contributed by atoms with van der Waals surface area (Å²) in [6.07, 6.45) is 4.42. The van der Waals surface area contributed by atoms with E-state index in [2.05, 4.69) is 27.8 Å². The fourth-order valence-corrected chi connectivity index (χ4v) is 4.19. The van der Waals surface area contributed by atoms with Crippen molar-refractivity contribution in [3.8, 4) is 0 Å². The number of thioether (sulfide) groups is 1. The van der Waals surface area contributed by atoms with Gasteiger partial charge in [-0.15, -0.1) is 10.2 Å².